The standard InChI is InChI=1S/C76H49N5S/c1-6-23-50(24-7-1)54-43-57(78-64-36-18-17-34-60(64)62-47-63-70(49-69(62)78)81(56-31-14-5-15-32-56)75(52-27-10-3-11-28-52)74(63)51-25-8-2-9-26-51)46-58(44-54)79-66-38-20-21-40-72(66)82-73-45-53-41-42-77(68(53)48-71(73)79)67-39-22-35-61-59-33-16-19-37-65(59)80(76(61)67)55-29-12-4-13-30-55/h1-49H. The minimum atomic E-state index is 1.08. The zero-order chi connectivity index (χ0) is 53.8. The summed E-state index contributed by atoms with van der Waals surface area (Å²) >= 11 is 1.85. The van der Waals surface area contributed by atoms with Gasteiger partial charge in [-0.3, -0.25) is 0 Å². The van der Waals surface area contributed by atoms with Crippen molar-refractivity contribution in [1.82, 2.24) is 18.3 Å². The lowest BCUT2D eigenvalue weighted by Crippen LogP contribution is -2.15. The Morgan fingerprint density at radius 2 is 0.829 bits per heavy atom. The van der Waals surface area contributed by atoms with Crippen LogP contribution in [0.25, 0.3) is 122 Å². The van der Waals surface area contributed by atoms with E-state index >= 15 is 0 Å². The molecule has 82 heavy (non-hydrogen) atoms. The second-order valence-corrected chi connectivity index (χ2v) is 22.4. The third kappa shape index (κ3) is 7.15. The van der Waals surface area contributed by atoms with Crippen molar-refractivity contribution in [2.45, 2.75) is 9.79 Å². The molecule has 17 rings (SSSR count). The molecule has 0 atom stereocenters. The molecule has 0 N–H and O–H groups in total. The van der Waals surface area contributed by atoms with Crippen molar-refractivity contribution >= 4 is 94.2 Å². The van der Waals surface area contributed by atoms with Crippen molar-refractivity contribution < 1.29 is 0 Å². The first-order valence-corrected chi connectivity index (χ1v) is 28.8. The normalized spacial score (nSPS) is 12.3. The van der Waals surface area contributed by atoms with Crippen LogP contribution in [0.2, 0.25) is 0 Å². The zero-order valence-corrected chi connectivity index (χ0v) is 45.3. The number of aromatic nitrogens is 4. The van der Waals surface area contributed by atoms with Crippen LogP contribution in [0, 0.1) is 0 Å². The van der Waals surface area contributed by atoms with Gasteiger partial charge in [-0.25, -0.2) is 0 Å². The number of hydrogen-bond donors (Lipinski definition) is 0. The van der Waals surface area contributed by atoms with E-state index in [1.165, 1.54) is 70.0 Å². The molecule has 0 saturated carbocycles. The predicted octanol–water partition coefficient (Wildman–Crippen LogP) is 20.7. The molecule has 0 saturated heterocycles. The summed E-state index contributed by atoms with van der Waals surface area (Å²) < 4.78 is 9.83. The molecule has 0 amide bonds. The van der Waals surface area contributed by atoms with E-state index in [4.69, 9.17) is 0 Å². The average molecular weight is 1060 g/mol. The summed E-state index contributed by atoms with van der Waals surface area (Å²) in [5, 5.41) is 7.25. The highest BCUT2D eigenvalue weighted by Crippen LogP contribution is 2.54. The van der Waals surface area contributed by atoms with Gasteiger partial charge in [-0.05, 0) is 125 Å². The highest BCUT2D eigenvalue weighted by atomic mass is 32.2. The molecule has 6 heteroatoms. The van der Waals surface area contributed by atoms with E-state index in [1.54, 1.807) is 0 Å². The Morgan fingerprint density at radius 1 is 0.268 bits per heavy atom. The lowest BCUT2D eigenvalue weighted by Gasteiger charge is -2.34. The Kier molecular flexibility index (Phi) is 10.5. The van der Waals surface area contributed by atoms with Crippen LogP contribution in [0.5, 0.6) is 0 Å². The highest BCUT2D eigenvalue weighted by molar-refractivity contribution is 7.99. The third-order valence-electron chi connectivity index (χ3n) is 16.7. The molecule has 384 valence electrons. The molecule has 0 radical (unpaired) electrons. The van der Waals surface area contributed by atoms with Gasteiger partial charge in [-0.1, -0.05) is 200 Å². The molecule has 4 aromatic heterocycles. The van der Waals surface area contributed by atoms with Crippen LogP contribution in [0.1, 0.15) is 0 Å². The average Bonchev–Trinajstić information content (AvgIpc) is 3.49. The van der Waals surface area contributed by atoms with Gasteiger partial charge in [0.15, 0.2) is 0 Å². The van der Waals surface area contributed by atoms with E-state index in [0.717, 1.165) is 78.6 Å². The largest absolute Gasteiger partial charge is 0.314 e. The summed E-state index contributed by atoms with van der Waals surface area (Å²) in [7, 11) is 0. The summed E-state index contributed by atoms with van der Waals surface area (Å²) in [6.07, 6.45) is 2.26. The fraction of sp³-hybridized carbons (Fsp3) is 0. The molecule has 1 aliphatic heterocycles. The molecule has 0 aliphatic carbocycles. The van der Waals surface area contributed by atoms with Crippen molar-refractivity contribution in [1.29, 1.82) is 0 Å². The van der Waals surface area contributed by atoms with E-state index < -0.39 is 0 Å². The van der Waals surface area contributed by atoms with Gasteiger partial charge in [0.1, 0.15) is 0 Å². The zero-order valence-electron chi connectivity index (χ0n) is 44.4. The summed E-state index contributed by atoms with van der Waals surface area (Å²) in [5.41, 5.74) is 21.7. The summed E-state index contributed by atoms with van der Waals surface area (Å²) in [5.74, 6) is 0. The first-order chi connectivity index (χ1) is 40.7. The van der Waals surface area contributed by atoms with E-state index in [2.05, 4.69) is 321 Å². The minimum Gasteiger partial charge on any atom is -0.314 e. The lowest BCUT2D eigenvalue weighted by atomic mass is 9.97. The van der Waals surface area contributed by atoms with E-state index in [0.29, 0.717) is 0 Å². The number of hydrogen-bond acceptors (Lipinski definition) is 2. The van der Waals surface area contributed by atoms with Crippen molar-refractivity contribution in [2.24, 2.45) is 0 Å². The molecule has 5 heterocycles. The monoisotopic (exact) mass is 1060 g/mol. The fourth-order valence-electron chi connectivity index (χ4n) is 13.2. The van der Waals surface area contributed by atoms with Crippen LogP contribution >= 0.6 is 11.8 Å². The second kappa shape index (κ2) is 18.5. The van der Waals surface area contributed by atoms with Gasteiger partial charge in [0, 0.05) is 76.6 Å². The predicted molar refractivity (Wildman–Crippen MR) is 344 cm³/mol. The molecule has 1 aliphatic rings. The number of fused-ring (bicyclic) bond motifs is 10. The molecule has 0 unspecified atom stereocenters. The quantitative estimate of drug-likeness (QED) is 0.151. The maximum atomic E-state index is 2.51. The SMILES string of the molecule is c1ccc(-c2cc(N3c4ccccc4Sc4cc5ccn(-c6cccc7c8ccccc8n(-c8ccccc8)c67)c5cc43)cc(-n3c4ccccc4c4cc5c(-c6ccccc6)c(-c6ccccc6)n(-c6ccccc6)c5cc43)c2)cc1. The minimum absolute atomic E-state index is 1.08. The summed E-state index contributed by atoms with van der Waals surface area (Å²) in [6.45, 7) is 0. The van der Waals surface area contributed by atoms with Crippen LogP contribution in [-0.2, 0) is 0 Å². The molecule has 12 aromatic carbocycles. The Balaban J connectivity index is 0.928. The van der Waals surface area contributed by atoms with Gasteiger partial charge in [-0.15, -0.1) is 0 Å². The summed E-state index contributed by atoms with van der Waals surface area (Å²) in [6, 6.07) is 107. The first-order valence-electron chi connectivity index (χ1n) is 28.0. The van der Waals surface area contributed by atoms with Gasteiger partial charge >= 0.3 is 0 Å². The van der Waals surface area contributed by atoms with E-state index in [9.17, 15) is 0 Å². The van der Waals surface area contributed by atoms with Crippen LogP contribution in [0.15, 0.2) is 307 Å². The first kappa shape index (κ1) is 46.4. The van der Waals surface area contributed by atoms with Gasteiger partial charge in [-0.2, -0.15) is 0 Å². The highest BCUT2D eigenvalue weighted by Gasteiger charge is 2.29. The molecule has 16 aromatic rings. The Bertz CT molecular complexity index is 5170. The maximum absolute atomic E-state index is 2.51. The van der Waals surface area contributed by atoms with Crippen LogP contribution in [-0.4, -0.2) is 18.3 Å². The van der Waals surface area contributed by atoms with Crippen molar-refractivity contribution in [3.05, 3.63) is 297 Å². The number of rotatable bonds is 8. The Hall–Kier alpha value is -10.5. The number of anilines is 3. The van der Waals surface area contributed by atoms with Gasteiger partial charge in [0.2, 0.25) is 0 Å². The van der Waals surface area contributed by atoms with Crippen LogP contribution in [0.4, 0.5) is 17.1 Å². The van der Waals surface area contributed by atoms with Crippen molar-refractivity contribution in [2.75, 3.05) is 4.90 Å². The van der Waals surface area contributed by atoms with Crippen molar-refractivity contribution in [3.8, 4) is 56.3 Å². The number of benzene rings is 12. The van der Waals surface area contributed by atoms with Gasteiger partial charge < -0.3 is 23.2 Å². The van der Waals surface area contributed by atoms with E-state index in [-0.39, 0.29) is 0 Å². The topological polar surface area (TPSA) is 23.0 Å². The molecular weight excluding hydrogens is 1010 g/mol. The maximum Gasteiger partial charge on any atom is 0.0782 e. The van der Waals surface area contributed by atoms with Gasteiger partial charge in [0.05, 0.1) is 55.9 Å². The van der Waals surface area contributed by atoms with E-state index in [1.807, 2.05) is 11.8 Å². The van der Waals surface area contributed by atoms with Gasteiger partial charge in [0.25, 0.3) is 0 Å². The molecule has 0 fully saturated rings. The van der Waals surface area contributed by atoms with Crippen LogP contribution < -0.4 is 4.90 Å². The molecule has 5 nitrogen and oxygen atoms in total. The molecule has 0 bridgehead atoms. The summed E-state index contributed by atoms with van der Waals surface area (Å²) in [4.78, 5) is 4.93. The third-order valence-corrected chi connectivity index (χ3v) is 17.8. The lowest BCUT2D eigenvalue weighted by molar-refractivity contribution is 1.10. The van der Waals surface area contributed by atoms with Crippen LogP contribution in [0.3, 0.4) is 0 Å². The molecular formula is C76H49N5S. The van der Waals surface area contributed by atoms with Crippen molar-refractivity contribution in [3.63, 3.8) is 0 Å². The Labute approximate surface area is 478 Å². The number of nitrogens with zero attached hydrogens (tertiary/aromatic N) is 5. The second-order valence-electron chi connectivity index (χ2n) is 21.3. The molecule has 0 spiro atoms. The smallest absolute Gasteiger partial charge is 0.0782 e. The fourth-order valence-corrected chi connectivity index (χ4v) is 14.3. The Morgan fingerprint density at radius 3 is 1.56 bits per heavy atom. The number of para-hydroxylation sites is 6.